The van der Waals surface area contributed by atoms with Crippen molar-refractivity contribution in [2.24, 2.45) is 17.8 Å². The third-order valence-corrected chi connectivity index (χ3v) is 3.14. The van der Waals surface area contributed by atoms with Crippen LogP contribution in [0.15, 0.2) is 0 Å². The summed E-state index contributed by atoms with van der Waals surface area (Å²) >= 11 is 0. The van der Waals surface area contributed by atoms with Crippen LogP contribution in [-0.4, -0.2) is 26.3 Å². The van der Waals surface area contributed by atoms with E-state index >= 15 is 0 Å². The van der Waals surface area contributed by atoms with Gasteiger partial charge in [-0.3, -0.25) is 0 Å². The summed E-state index contributed by atoms with van der Waals surface area (Å²) in [6.45, 7) is 13.4. The van der Waals surface area contributed by atoms with Gasteiger partial charge < -0.3 is 10.1 Å². The molecule has 0 aliphatic carbocycles. The molecule has 0 aliphatic rings. The summed E-state index contributed by atoms with van der Waals surface area (Å²) in [5.74, 6) is 2.30. The van der Waals surface area contributed by atoms with Crippen molar-refractivity contribution in [1.82, 2.24) is 5.32 Å². The Kier molecular flexibility index (Phi) is 8.96. The first-order chi connectivity index (χ1) is 7.47. The zero-order valence-corrected chi connectivity index (χ0v) is 12.0. The predicted molar refractivity (Wildman–Crippen MR) is 71.7 cm³/mol. The number of rotatable bonds is 9. The number of methoxy groups -OCH3 is 1. The fraction of sp³-hybridized carbons (Fsp3) is 1.00. The third kappa shape index (κ3) is 8.12. The average molecular weight is 229 g/mol. The molecule has 0 aromatic carbocycles. The van der Waals surface area contributed by atoms with E-state index in [1.165, 1.54) is 12.8 Å². The highest BCUT2D eigenvalue weighted by Gasteiger charge is 2.18. The Morgan fingerprint density at radius 2 is 1.69 bits per heavy atom. The lowest BCUT2D eigenvalue weighted by Crippen LogP contribution is -2.33. The Balaban J connectivity index is 4.06. The van der Waals surface area contributed by atoms with Gasteiger partial charge in [0, 0.05) is 19.8 Å². The maximum atomic E-state index is 5.17. The molecule has 0 aliphatic heterocycles. The molecule has 0 rings (SSSR count). The van der Waals surface area contributed by atoms with Gasteiger partial charge in [-0.15, -0.1) is 0 Å². The molecule has 0 amide bonds. The van der Waals surface area contributed by atoms with Crippen LogP contribution < -0.4 is 5.32 Å². The molecule has 0 spiro atoms. The maximum absolute atomic E-state index is 5.17. The average Bonchev–Trinajstić information content (AvgIpc) is 2.19. The molecule has 0 heterocycles. The molecule has 0 radical (unpaired) electrons. The van der Waals surface area contributed by atoms with E-state index in [4.69, 9.17) is 4.74 Å². The van der Waals surface area contributed by atoms with Crippen LogP contribution in [0.4, 0.5) is 0 Å². The molecule has 2 atom stereocenters. The molecule has 2 heteroatoms. The second-order valence-electron chi connectivity index (χ2n) is 5.71. The Labute approximate surface area is 102 Å². The molecule has 0 fully saturated rings. The molecule has 2 nitrogen and oxygen atoms in total. The zero-order valence-electron chi connectivity index (χ0n) is 12.0. The van der Waals surface area contributed by atoms with Gasteiger partial charge in [-0.25, -0.2) is 0 Å². The minimum atomic E-state index is 0.587. The first-order valence-electron chi connectivity index (χ1n) is 6.69. The molecule has 0 bridgehead atoms. The van der Waals surface area contributed by atoms with Crippen LogP contribution in [0.25, 0.3) is 0 Å². The summed E-state index contributed by atoms with van der Waals surface area (Å²) in [5, 5.41) is 3.57. The number of hydrogen-bond donors (Lipinski definition) is 1. The van der Waals surface area contributed by atoms with Crippen molar-refractivity contribution < 1.29 is 4.74 Å². The van der Waals surface area contributed by atoms with Gasteiger partial charge in [0.05, 0.1) is 0 Å². The fourth-order valence-electron chi connectivity index (χ4n) is 2.05. The molecular weight excluding hydrogens is 198 g/mol. The highest BCUT2D eigenvalue weighted by molar-refractivity contribution is 4.71. The van der Waals surface area contributed by atoms with Crippen LogP contribution in [0.2, 0.25) is 0 Å². The van der Waals surface area contributed by atoms with E-state index in [-0.39, 0.29) is 0 Å². The van der Waals surface area contributed by atoms with Crippen molar-refractivity contribution in [3.05, 3.63) is 0 Å². The molecule has 2 unspecified atom stereocenters. The van der Waals surface area contributed by atoms with Crippen LogP contribution in [0.5, 0.6) is 0 Å². The first-order valence-corrected chi connectivity index (χ1v) is 6.69. The Morgan fingerprint density at radius 1 is 1.06 bits per heavy atom. The largest absolute Gasteiger partial charge is 0.385 e. The highest BCUT2D eigenvalue weighted by Crippen LogP contribution is 2.22. The van der Waals surface area contributed by atoms with E-state index in [0.29, 0.717) is 6.04 Å². The SMILES string of the molecule is COCCC(C)C(CNC(C)C)CC(C)C. The number of hydrogen-bond acceptors (Lipinski definition) is 2. The summed E-state index contributed by atoms with van der Waals surface area (Å²) in [6, 6.07) is 0.587. The van der Waals surface area contributed by atoms with Gasteiger partial charge in [0.25, 0.3) is 0 Å². The Bertz CT molecular complexity index is 157. The standard InChI is InChI=1S/C14H31NO/c1-11(2)9-14(10-15-12(3)4)13(5)7-8-16-6/h11-15H,7-10H2,1-6H3. The monoisotopic (exact) mass is 229 g/mol. The van der Waals surface area contributed by atoms with Gasteiger partial charge in [0.1, 0.15) is 0 Å². The van der Waals surface area contributed by atoms with Crippen molar-refractivity contribution in [2.45, 2.75) is 53.5 Å². The lowest BCUT2D eigenvalue weighted by molar-refractivity contribution is 0.157. The van der Waals surface area contributed by atoms with Crippen LogP contribution in [0.3, 0.4) is 0 Å². The minimum absolute atomic E-state index is 0.587. The zero-order chi connectivity index (χ0) is 12.6. The molecule has 1 N–H and O–H groups in total. The van der Waals surface area contributed by atoms with Crippen LogP contribution in [0.1, 0.15) is 47.5 Å². The molecule has 16 heavy (non-hydrogen) atoms. The second-order valence-corrected chi connectivity index (χ2v) is 5.71. The Hall–Kier alpha value is -0.0800. The first kappa shape index (κ1) is 15.9. The van der Waals surface area contributed by atoms with Crippen LogP contribution >= 0.6 is 0 Å². The second kappa shape index (κ2) is 9.00. The summed E-state index contributed by atoms with van der Waals surface area (Å²) in [7, 11) is 1.79. The summed E-state index contributed by atoms with van der Waals surface area (Å²) in [6.07, 6.45) is 2.48. The third-order valence-electron chi connectivity index (χ3n) is 3.14. The van der Waals surface area contributed by atoms with Gasteiger partial charge >= 0.3 is 0 Å². The lowest BCUT2D eigenvalue weighted by atomic mass is 9.84. The highest BCUT2D eigenvalue weighted by atomic mass is 16.5. The van der Waals surface area contributed by atoms with Crippen molar-refractivity contribution in [3.8, 4) is 0 Å². The van der Waals surface area contributed by atoms with E-state index < -0.39 is 0 Å². The topological polar surface area (TPSA) is 21.3 Å². The van der Waals surface area contributed by atoms with Crippen molar-refractivity contribution >= 4 is 0 Å². The minimum Gasteiger partial charge on any atom is -0.385 e. The molecular formula is C14H31NO. The quantitative estimate of drug-likeness (QED) is 0.655. The maximum Gasteiger partial charge on any atom is 0.0464 e. The van der Waals surface area contributed by atoms with E-state index in [1.807, 2.05) is 0 Å². The summed E-state index contributed by atoms with van der Waals surface area (Å²) in [5.41, 5.74) is 0. The number of ether oxygens (including phenoxy) is 1. The lowest BCUT2D eigenvalue weighted by Gasteiger charge is -2.27. The van der Waals surface area contributed by atoms with E-state index in [1.54, 1.807) is 7.11 Å². The van der Waals surface area contributed by atoms with E-state index in [0.717, 1.165) is 30.9 Å². The van der Waals surface area contributed by atoms with Gasteiger partial charge in [-0.1, -0.05) is 34.6 Å². The van der Waals surface area contributed by atoms with Gasteiger partial charge in [0.2, 0.25) is 0 Å². The number of nitrogens with one attached hydrogen (secondary N) is 1. The van der Waals surface area contributed by atoms with E-state index in [2.05, 4.69) is 39.9 Å². The van der Waals surface area contributed by atoms with Gasteiger partial charge in [0.15, 0.2) is 0 Å². The molecule has 0 aromatic heterocycles. The Morgan fingerprint density at radius 3 is 2.12 bits per heavy atom. The predicted octanol–water partition coefficient (Wildman–Crippen LogP) is 3.32. The van der Waals surface area contributed by atoms with Crippen LogP contribution in [0, 0.1) is 17.8 Å². The van der Waals surface area contributed by atoms with Gasteiger partial charge in [-0.05, 0) is 37.1 Å². The van der Waals surface area contributed by atoms with Crippen molar-refractivity contribution in [2.75, 3.05) is 20.3 Å². The molecule has 0 saturated heterocycles. The van der Waals surface area contributed by atoms with Crippen molar-refractivity contribution in [1.29, 1.82) is 0 Å². The normalized spacial score (nSPS) is 15.8. The van der Waals surface area contributed by atoms with Gasteiger partial charge in [-0.2, -0.15) is 0 Å². The summed E-state index contributed by atoms with van der Waals surface area (Å²) < 4.78 is 5.17. The van der Waals surface area contributed by atoms with E-state index in [9.17, 15) is 0 Å². The summed E-state index contributed by atoms with van der Waals surface area (Å²) in [4.78, 5) is 0. The van der Waals surface area contributed by atoms with Crippen LogP contribution in [-0.2, 0) is 4.74 Å². The molecule has 98 valence electrons. The van der Waals surface area contributed by atoms with Crippen molar-refractivity contribution in [3.63, 3.8) is 0 Å². The fourth-order valence-corrected chi connectivity index (χ4v) is 2.05. The smallest absolute Gasteiger partial charge is 0.0464 e. The molecule has 0 aromatic rings. The molecule has 0 saturated carbocycles.